The van der Waals surface area contributed by atoms with Gasteiger partial charge in [-0.1, -0.05) is 79.6 Å². The Balaban J connectivity index is 1.16. The van der Waals surface area contributed by atoms with Gasteiger partial charge in [-0.25, -0.2) is 0 Å². The van der Waals surface area contributed by atoms with Crippen molar-refractivity contribution < 1.29 is 33.8 Å². The summed E-state index contributed by atoms with van der Waals surface area (Å²) in [4.78, 5) is 82.4. The molecule has 0 radical (unpaired) electrons. The second-order valence-electron chi connectivity index (χ2n) is 16.0. The molecule has 7 rings (SSSR count). The number of aromatic amines is 1. The zero-order valence-electron chi connectivity index (χ0n) is 34.4. The third-order valence-corrected chi connectivity index (χ3v) is 11.9. The van der Waals surface area contributed by atoms with Crippen LogP contribution in [-0.2, 0) is 35.1 Å². The van der Waals surface area contributed by atoms with Gasteiger partial charge in [-0.2, -0.15) is 0 Å². The number of carbonyl (C=O) groups is 5. The number of guanidine groups is 1. The molecule has 0 saturated carbocycles. The van der Waals surface area contributed by atoms with E-state index in [1.54, 1.807) is 6.20 Å². The van der Waals surface area contributed by atoms with Crippen LogP contribution in [0.25, 0.3) is 22.0 Å². The largest absolute Gasteiger partial charge is 0.599 e. The van der Waals surface area contributed by atoms with Crippen LogP contribution in [-0.4, -0.2) is 101 Å². The minimum atomic E-state index is -1.21. The average molecular weight is 846 g/mol. The second kappa shape index (κ2) is 19.6. The van der Waals surface area contributed by atoms with Crippen molar-refractivity contribution >= 4 is 52.5 Å². The Labute approximate surface area is 358 Å². The zero-order chi connectivity index (χ0) is 43.8. The SMILES string of the molecule is NC(=O)[C@@H]1CCCC[C@H](N=C([O-])OCC2c3ccccc3-c3ccccc32)C(=O)N2CCCC2C(=O)N[C@@H](Cc2c[nH]c3ccccc23)C(=O)N[C@@H](CCCN=C(N)N)C(=O)N1. The molecule has 2 fully saturated rings. The number of aliphatic imine (C=N–C) groups is 2. The van der Waals surface area contributed by atoms with Gasteiger partial charge >= 0.3 is 0 Å². The molecule has 5 amide bonds. The number of para-hydroxylation sites is 1. The van der Waals surface area contributed by atoms with E-state index in [2.05, 4.69) is 30.9 Å². The van der Waals surface area contributed by atoms with Gasteiger partial charge in [-0.3, -0.25) is 34.0 Å². The van der Waals surface area contributed by atoms with Crippen molar-refractivity contribution in [3.05, 3.63) is 95.7 Å². The molecule has 1 aromatic heterocycles. The maximum absolute atomic E-state index is 14.4. The standard InChI is InChI=1S/C45H54N10O7/c46-39(56)34-17-7-8-18-36(54-45(61)62-25-32-30-14-3-1-12-28(30)29-13-2-4-15-31(29)32)43(60)55-22-10-20-38(55)42(59)53-37(23-26-24-50-33-16-6-5-11-27(26)33)41(58)52-35(40(57)51-34)19-9-21-49-44(47)48/h1-6,11-16,24,32,34-38,50H,7-10,17-23,25H2,(H2,46,56)(H,51,57)(H,52,58)(H,53,59)(H,54,61)(H4,47,48,49)/p-1/t34-,35-,36-,37-,38?/m0/s1. The van der Waals surface area contributed by atoms with Gasteiger partial charge in [-0.15, -0.1) is 0 Å². The molecule has 10 N–H and O–H groups in total. The number of fused-ring (bicyclic) bond motifs is 5. The Bertz CT molecular complexity index is 2310. The summed E-state index contributed by atoms with van der Waals surface area (Å²) in [7, 11) is 0. The predicted octanol–water partition coefficient (Wildman–Crippen LogP) is 1.18. The van der Waals surface area contributed by atoms with Gasteiger partial charge in [0.05, 0.1) is 0 Å². The summed E-state index contributed by atoms with van der Waals surface area (Å²) in [6.07, 6.45) is 2.90. The summed E-state index contributed by atoms with van der Waals surface area (Å²) in [5.41, 5.74) is 22.5. The van der Waals surface area contributed by atoms with E-state index in [1.807, 2.05) is 72.8 Å². The summed E-state index contributed by atoms with van der Waals surface area (Å²) in [6.45, 7) is 0.401. The van der Waals surface area contributed by atoms with Gasteiger partial charge in [0, 0.05) is 49.1 Å². The van der Waals surface area contributed by atoms with Crippen LogP contribution >= 0.6 is 0 Å². The number of H-pyrrole nitrogens is 1. The van der Waals surface area contributed by atoms with Crippen molar-refractivity contribution in [3.63, 3.8) is 0 Å². The Morgan fingerprint density at radius 3 is 2.18 bits per heavy atom. The fourth-order valence-electron chi connectivity index (χ4n) is 8.78. The van der Waals surface area contributed by atoms with Gasteiger partial charge in [0.25, 0.3) is 0 Å². The van der Waals surface area contributed by atoms with Crippen LogP contribution in [0.4, 0.5) is 0 Å². The van der Waals surface area contributed by atoms with Gasteiger partial charge in [0.15, 0.2) is 5.96 Å². The third kappa shape index (κ3) is 9.99. The molecular weight excluding hydrogens is 793 g/mol. The first-order valence-electron chi connectivity index (χ1n) is 21.2. The molecule has 0 spiro atoms. The smallest absolute Gasteiger partial charge is 0.248 e. The maximum atomic E-state index is 14.4. The summed E-state index contributed by atoms with van der Waals surface area (Å²) in [5.74, 6) is -3.56. The van der Waals surface area contributed by atoms with Crippen LogP contribution in [0.3, 0.4) is 0 Å². The molecule has 3 heterocycles. The normalized spacial score (nSPS) is 22.7. The highest BCUT2D eigenvalue weighted by molar-refractivity contribution is 5.97. The van der Waals surface area contributed by atoms with Gasteiger partial charge in [-0.05, 0) is 72.4 Å². The van der Waals surface area contributed by atoms with E-state index in [9.17, 15) is 29.1 Å². The molecule has 2 aliphatic heterocycles. The molecule has 4 aromatic rings. The first-order chi connectivity index (χ1) is 30.0. The third-order valence-electron chi connectivity index (χ3n) is 11.9. The summed E-state index contributed by atoms with van der Waals surface area (Å²) in [6, 6.07) is 17.7. The van der Waals surface area contributed by atoms with Crippen LogP contribution in [0.15, 0.2) is 89.0 Å². The first-order valence-corrected chi connectivity index (χ1v) is 21.2. The highest BCUT2D eigenvalue weighted by Gasteiger charge is 2.39. The van der Waals surface area contributed by atoms with E-state index >= 15 is 0 Å². The van der Waals surface area contributed by atoms with Crippen LogP contribution in [0.5, 0.6) is 0 Å². The highest BCUT2D eigenvalue weighted by Crippen LogP contribution is 2.44. The number of ether oxygens (including phenoxy) is 1. The summed E-state index contributed by atoms with van der Waals surface area (Å²) >= 11 is 0. The molecule has 3 aliphatic rings. The lowest BCUT2D eigenvalue weighted by molar-refractivity contribution is -0.251. The molecule has 17 nitrogen and oxygen atoms in total. The number of primary amides is 1. The molecule has 0 bridgehead atoms. The van der Waals surface area contributed by atoms with Crippen LogP contribution in [0, 0.1) is 0 Å². The number of nitrogens with two attached hydrogens (primary N) is 3. The van der Waals surface area contributed by atoms with Crippen molar-refractivity contribution in [3.8, 4) is 11.1 Å². The Hall–Kier alpha value is -6.91. The average Bonchev–Trinajstić information content (AvgIpc) is 4.00. The Morgan fingerprint density at radius 1 is 0.790 bits per heavy atom. The monoisotopic (exact) mass is 845 g/mol. The van der Waals surface area contributed by atoms with Crippen LogP contribution < -0.4 is 38.3 Å². The topological polar surface area (TPSA) is 276 Å². The molecule has 1 unspecified atom stereocenters. The summed E-state index contributed by atoms with van der Waals surface area (Å²) < 4.78 is 5.77. The number of nitrogens with zero attached hydrogens (tertiary/aromatic N) is 3. The number of rotatable bonds is 10. The highest BCUT2D eigenvalue weighted by atomic mass is 16.6. The lowest BCUT2D eigenvalue weighted by atomic mass is 9.98. The van der Waals surface area contributed by atoms with Gasteiger partial charge < -0.3 is 52.9 Å². The van der Waals surface area contributed by atoms with Crippen molar-refractivity contribution in [1.82, 2.24) is 25.8 Å². The Morgan fingerprint density at radius 2 is 1.45 bits per heavy atom. The first kappa shape index (κ1) is 43.2. The number of carbonyl (C=O) groups excluding carboxylic acids is 5. The second-order valence-corrected chi connectivity index (χ2v) is 16.0. The van der Waals surface area contributed by atoms with Crippen molar-refractivity contribution in [1.29, 1.82) is 0 Å². The maximum Gasteiger partial charge on any atom is 0.248 e. The lowest BCUT2D eigenvalue weighted by Crippen LogP contribution is -2.58. The molecule has 326 valence electrons. The number of amides is 5. The van der Waals surface area contributed by atoms with E-state index in [0.717, 1.165) is 38.7 Å². The van der Waals surface area contributed by atoms with Gasteiger partial charge in [0.1, 0.15) is 36.3 Å². The van der Waals surface area contributed by atoms with E-state index in [0.29, 0.717) is 32.1 Å². The Kier molecular flexibility index (Phi) is 13.7. The predicted molar refractivity (Wildman–Crippen MR) is 231 cm³/mol. The molecule has 62 heavy (non-hydrogen) atoms. The lowest BCUT2D eigenvalue weighted by Gasteiger charge is -2.29. The molecule has 3 aromatic carbocycles. The fourth-order valence-corrected chi connectivity index (χ4v) is 8.78. The molecule has 1 aliphatic carbocycles. The van der Waals surface area contributed by atoms with Crippen molar-refractivity contribution in [2.45, 2.75) is 93.9 Å². The van der Waals surface area contributed by atoms with E-state index in [1.165, 1.54) is 4.90 Å². The number of nitrogens with one attached hydrogen (secondary N) is 4. The van der Waals surface area contributed by atoms with E-state index in [4.69, 9.17) is 21.9 Å². The van der Waals surface area contributed by atoms with Crippen molar-refractivity contribution in [2.24, 2.45) is 27.2 Å². The quantitative estimate of drug-likeness (QED) is 0.0685. The minimum Gasteiger partial charge on any atom is -0.599 e. The number of aromatic nitrogens is 1. The fraction of sp³-hybridized carbons (Fsp3) is 0.400. The van der Waals surface area contributed by atoms with Gasteiger partial charge in [0.2, 0.25) is 29.5 Å². The van der Waals surface area contributed by atoms with Crippen molar-refractivity contribution in [2.75, 3.05) is 19.7 Å². The van der Waals surface area contributed by atoms with Crippen LogP contribution in [0.1, 0.15) is 74.0 Å². The molecule has 2 saturated heterocycles. The summed E-state index contributed by atoms with van der Waals surface area (Å²) in [5, 5.41) is 22.7. The zero-order valence-corrected chi connectivity index (χ0v) is 34.4. The molecule has 17 heteroatoms. The van der Waals surface area contributed by atoms with E-state index in [-0.39, 0.29) is 57.3 Å². The number of benzene rings is 3. The van der Waals surface area contributed by atoms with E-state index < -0.39 is 65.8 Å². The minimum absolute atomic E-state index is 0.00116. The number of hydrogen-bond donors (Lipinski definition) is 7. The molecule has 5 atom stereocenters. The number of hydrogen-bond acceptors (Lipinski definition) is 9. The molecular formula is C45H53N10O7-. The van der Waals surface area contributed by atoms with Crippen LogP contribution in [0.2, 0.25) is 0 Å².